The lowest BCUT2D eigenvalue weighted by Gasteiger charge is -2.30. The number of H-pyrrole nitrogens is 1. The molecular weight excluding hydrogens is 1050 g/mol. The number of nitrogens with zero attached hydrogens (tertiary/aromatic N) is 3. The lowest BCUT2D eigenvalue weighted by atomic mass is 9.86. The van der Waals surface area contributed by atoms with Crippen LogP contribution in [0.5, 0.6) is 0 Å². The summed E-state index contributed by atoms with van der Waals surface area (Å²) in [4.78, 5) is 8.85. The van der Waals surface area contributed by atoms with Gasteiger partial charge in [-0.3, -0.25) is 0 Å². The van der Waals surface area contributed by atoms with E-state index in [-0.39, 0.29) is 0 Å². The molecule has 0 unspecified atom stereocenters. The average Bonchev–Trinajstić information content (AvgIpc) is 1.57. The smallest absolute Gasteiger partial charge is 0.159 e. The Bertz CT molecular complexity index is 5640. The molecule has 86 heavy (non-hydrogen) atoms. The lowest BCUT2D eigenvalue weighted by Crippen LogP contribution is -2.18. The predicted molar refractivity (Wildman–Crippen MR) is 359 cm³/mol. The molecule has 18 rings (SSSR count). The van der Waals surface area contributed by atoms with Gasteiger partial charge in [-0.2, -0.15) is 0 Å². The Kier molecular flexibility index (Phi) is 10.5. The van der Waals surface area contributed by atoms with Crippen molar-refractivity contribution in [2.24, 2.45) is 0 Å². The molecule has 1 aliphatic rings. The lowest BCUT2D eigenvalue weighted by molar-refractivity contribution is 0.588. The predicted octanol–water partition coefficient (Wildman–Crippen LogP) is 22.3. The van der Waals surface area contributed by atoms with Crippen LogP contribution < -0.4 is 9.80 Å². The van der Waals surface area contributed by atoms with Crippen LogP contribution in [0.25, 0.3) is 132 Å². The molecule has 5 aromatic heterocycles. The Hall–Kier alpha value is -11.1. The van der Waals surface area contributed by atoms with Gasteiger partial charge < -0.3 is 28.0 Å². The van der Waals surface area contributed by atoms with Crippen LogP contribution in [-0.4, -0.2) is 9.38 Å². The Morgan fingerprint density at radius 2 is 1.02 bits per heavy atom. The number of fused-ring (bicyclic) bond motifs is 15. The minimum absolute atomic E-state index is 0.860. The Labute approximate surface area is 495 Å². The highest BCUT2D eigenvalue weighted by Gasteiger charge is 2.31. The first kappa shape index (κ1) is 48.5. The quantitative estimate of drug-likeness (QED) is 0.156. The number of benzene rings is 12. The van der Waals surface area contributed by atoms with Gasteiger partial charge in [0.05, 0.1) is 33.5 Å². The summed E-state index contributed by atoms with van der Waals surface area (Å²) in [6.07, 6.45) is 4.23. The molecule has 0 spiro atoms. The molecule has 1 aliphatic carbocycles. The molecule has 6 heteroatoms. The summed E-state index contributed by atoms with van der Waals surface area (Å²) in [6.45, 7) is 4.40. The fraction of sp³-hybridized carbons (Fsp3) is 0.0500. The van der Waals surface area contributed by atoms with Gasteiger partial charge in [-0.1, -0.05) is 188 Å². The van der Waals surface area contributed by atoms with Crippen molar-refractivity contribution in [1.29, 1.82) is 0 Å². The van der Waals surface area contributed by atoms with Gasteiger partial charge in [-0.15, -0.1) is 0 Å². The van der Waals surface area contributed by atoms with Gasteiger partial charge >= 0.3 is 0 Å². The molecule has 0 fully saturated rings. The summed E-state index contributed by atoms with van der Waals surface area (Å²) in [5.41, 5.74) is 25.4. The van der Waals surface area contributed by atoms with Crippen LogP contribution in [0.1, 0.15) is 28.9 Å². The molecule has 0 bridgehead atoms. The fourth-order valence-corrected chi connectivity index (χ4v) is 14.6. The van der Waals surface area contributed by atoms with E-state index in [0.29, 0.717) is 0 Å². The number of nitrogens with one attached hydrogen (secondary N) is 1. The van der Waals surface area contributed by atoms with Crippen molar-refractivity contribution in [3.05, 3.63) is 283 Å². The monoisotopic (exact) mass is 1100 g/mol. The molecule has 5 heterocycles. The number of hydrogen-bond donors (Lipinski definition) is 1. The number of para-hydroxylation sites is 7. The van der Waals surface area contributed by atoms with Gasteiger partial charge in [0.2, 0.25) is 0 Å². The maximum Gasteiger partial charge on any atom is 0.159 e. The number of allylic oxidation sites excluding steroid dienone is 1. The third-order valence-corrected chi connectivity index (χ3v) is 18.4. The molecule has 0 amide bonds. The Balaban J connectivity index is 0.885. The first-order chi connectivity index (χ1) is 42.5. The molecule has 406 valence electrons. The van der Waals surface area contributed by atoms with E-state index in [1.165, 1.54) is 71.3 Å². The average molecular weight is 1100 g/mol. The summed E-state index contributed by atoms with van der Waals surface area (Å²) in [7, 11) is 0. The van der Waals surface area contributed by atoms with E-state index in [2.05, 4.69) is 288 Å². The second-order valence-corrected chi connectivity index (χ2v) is 23.2. The van der Waals surface area contributed by atoms with E-state index in [9.17, 15) is 0 Å². The van der Waals surface area contributed by atoms with Crippen LogP contribution in [0.4, 0.5) is 28.4 Å². The van der Waals surface area contributed by atoms with E-state index >= 15 is 0 Å². The van der Waals surface area contributed by atoms with E-state index < -0.39 is 0 Å². The van der Waals surface area contributed by atoms with Gasteiger partial charge in [-0.25, -0.2) is 0 Å². The maximum absolute atomic E-state index is 6.80. The number of aryl methyl sites for hydroxylation is 3. The highest BCUT2D eigenvalue weighted by Crippen LogP contribution is 2.53. The summed E-state index contributed by atoms with van der Waals surface area (Å²) < 4.78 is 16.2. The van der Waals surface area contributed by atoms with Crippen LogP contribution in [0.3, 0.4) is 0 Å². The zero-order valence-corrected chi connectivity index (χ0v) is 47.4. The third-order valence-electron chi connectivity index (χ3n) is 18.4. The maximum atomic E-state index is 6.80. The van der Waals surface area contributed by atoms with Crippen molar-refractivity contribution in [1.82, 2.24) is 9.38 Å². The standard InChI is InChI=1S/C80H54N4O2/c1-48-21-9-13-35-67(48)82(70-37-19-32-59-54-27-11-15-39-72(54)85-79(59)70)52-41-43-66-63(45-52)56-29-17-30-57(76(56)81-66)65-47-62(50-23-5-3-6-24-50)75-61-34-18-31-58-64-46-53(42-44-69(64)84(77(58)61)78(75)74(65)51-25-7-4-8-26-51)83(68-36-14-10-22-49(68)2)71-38-20-33-60-55-28-12-16-40-73(55)86-80(60)71/h3-18,20-31,33-47,81H,19,32H2,1-2H3. The van der Waals surface area contributed by atoms with Crippen LogP contribution in [0.15, 0.2) is 270 Å². The second kappa shape index (κ2) is 18.7. The van der Waals surface area contributed by atoms with Crippen molar-refractivity contribution in [3.63, 3.8) is 0 Å². The largest absolute Gasteiger partial charge is 0.454 e. The van der Waals surface area contributed by atoms with Gasteiger partial charge in [0.15, 0.2) is 11.3 Å². The van der Waals surface area contributed by atoms with Crippen LogP contribution >= 0.6 is 0 Å². The van der Waals surface area contributed by atoms with Gasteiger partial charge in [0.25, 0.3) is 0 Å². The fourth-order valence-electron chi connectivity index (χ4n) is 14.6. The Morgan fingerprint density at radius 3 is 1.83 bits per heavy atom. The highest BCUT2D eigenvalue weighted by atomic mass is 16.3. The van der Waals surface area contributed by atoms with Gasteiger partial charge in [0, 0.05) is 93.4 Å². The van der Waals surface area contributed by atoms with Gasteiger partial charge in [-0.05, 0) is 133 Å². The van der Waals surface area contributed by atoms with Crippen molar-refractivity contribution in [2.45, 2.75) is 26.7 Å². The van der Waals surface area contributed by atoms with Crippen molar-refractivity contribution in [2.75, 3.05) is 9.80 Å². The van der Waals surface area contributed by atoms with E-state index in [1.54, 1.807) is 0 Å². The number of aromatic nitrogens is 2. The summed E-state index contributed by atoms with van der Waals surface area (Å²) in [5, 5.41) is 10.5. The first-order valence-electron chi connectivity index (χ1n) is 29.8. The Morgan fingerprint density at radius 1 is 0.419 bits per heavy atom. The van der Waals surface area contributed by atoms with Crippen LogP contribution in [0, 0.1) is 13.8 Å². The van der Waals surface area contributed by atoms with Crippen molar-refractivity contribution in [3.8, 4) is 33.4 Å². The molecule has 17 aromatic rings. The van der Waals surface area contributed by atoms with E-state index in [4.69, 9.17) is 8.83 Å². The topological polar surface area (TPSA) is 53.0 Å². The minimum Gasteiger partial charge on any atom is -0.454 e. The SMILES string of the molecule is Cc1ccccc1N(C1=CCCc2c1oc1ccccc21)c1ccc2[nH]c3c(-c4cc(-c5ccccc5)c5c6cccc7c8cc(N(c9ccccc9C)c9cccc%10c9oc9ccccc9%10)ccc8n(c5c4-c4ccccc4)c76)cccc3c2c1. The summed E-state index contributed by atoms with van der Waals surface area (Å²) in [6, 6.07) is 93.0. The second-order valence-electron chi connectivity index (χ2n) is 23.2. The molecule has 0 saturated carbocycles. The van der Waals surface area contributed by atoms with Crippen LogP contribution in [0.2, 0.25) is 0 Å². The number of anilines is 5. The molecule has 0 aliphatic heterocycles. The molecule has 0 radical (unpaired) electrons. The van der Waals surface area contributed by atoms with Crippen molar-refractivity contribution >= 4 is 127 Å². The molecule has 0 saturated heterocycles. The molecule has 1 N–H and O–H groups in total. The normalized spacial score (nSPS) is 12.7. The first-order valence-corrected chi connectivity index (χ1v) is 29.8. The van der Waals surface area contributed by atoms with Crippen molar-refractivity contribution < 1.29 is 8.83 Å². The zero-order valence-electron chi connectivity index (χ0n) is 47.4. The molecule has 0 atom stereocenters. The van der Waals surface area contributed by atoms with Gasteiger partial charge in [0.1, 0.15) is 11.2 Å². The summed E-state index contributed by atoms with van der Waals surface area (Å²) >= 11 is 0. The number of rotatable bonds is 9. The number of furan rings is 2. The number of hydrogen-bond acceptors (Lipinski definition) is 4. The third kappa shape index (κ3) is 7.07. The summed E-state index contributed by atoms with van der Waals surface area (Å²) in [5.74, 6) is 0.942. The highest BCUT2D eigenvalue weighted by molar-refractivity contribution is 6.30. The molecule has 6 nitrogen and oxygen atoms in total. The van der Waals surface area contributed by atoms with E-state index in [0.717, 1.165) is 124 Å². The van der Waals surface area contributed by atoms with Crippen LogP contribution in [-0.2, 0) is 6.42 Å². The minimum atomic E-state index is 0.860. The molecular formula is C80H54N4O2. The molecule has 12 aromatic carbocycles. The number of aromatic amines is 1. The zero-order chi connectivity index (χ0) is 56.7. The van der Waals surface area contributed by atoms with E-state index in [1.807, 2.05) is 6.07 Å².